The van der Waals surface area contributed by atoms with Crippen LogP contribution >= 0.6 is 11.3 Å². The van der Waals surface area contributed by atoms with Crippen LogP contribution < -0.4 is 15.5 Å². The Kier molecular flexibility index (Phi) is 6.81. The van der Waals surface area contributed by atoms with Crippen LogP contribution in [0, 0.1) is 0 Å². The second kappa shape index (κ2) is 10.5. The lowest BCUT2D eigenvalue weighted by Crippen LogP contribution is -2.17. The van der Waals surface area contributed by atoms with E-state index in [4.69, 9.17) is 0 Å². The number of rotatable bonds is 8. The second-order valence-corrected chi connectivity index (χ2v) is 9.21. The fraction of sp³-hybridized carbons (Fsp3) is 0.222. The third-order valence-corrected chi connectivity index (χ3v) is 6.76. The first-order valence-corrected chi connectivity index (χ1v) is 12.5. The summed E-state index contributed by atoms with van der Waals surface area (Å²) in [5.41, 5.74) is 5.73. The van der Waals surface area contributed by atoms with Gasteiger partial charge in [-0.15, -0.1) is 11.3 Å². The Balaban J connectivity index is 1.15. The van der Waals surface area contributed by atoms with Crippen LogP contribution in [0.5, 0.6) is 0 Å². The van der Waals surface area contributed by atoms with Crippen LogP contribution in [0.2, 0.25) is 0 Å². The molecule has 7 heteroatoms. The van der Waals surface area contributed by atoms with Crippen molar-refractivity contribution < 1.29 is 4.79 Å². The van der Waals surface area contributed by atoms with E-state index in [0.717, 1.165) is 48.1 Å². The SMILES string of the molecule is O=C(Nc1ccc(N2CCCC2)cc1)c1ccc(-c2csc(NCCc3cccnc3)n2)cc1. The summed E-state index contributed by atoms with van der Waals surface area (Å²) < 4.78 is 0. The first-order valence-electron chi connectivity index (χ1n) is 11.6. The molecule has 5 rings (SSSR count). The molecule has 2 aromatic heterocycles. The van der Waals surface area contributed by atoms with Crippen LogP contribution in [0.25, 0.3) is 11.3 Å². The number of hydrogen-bond donors (Lipinski definition) is 2. The van der Waals surface area contributed by atoms with E-state index in [1.807, 2.05) is 54.0 Å². The summed E-state index contributed by atoms with van der Waals surface area (Å²) in [6, 6.07) is 19.7. The molecule has 34 heavy (non-hydrogen) atoms. The van der Waals surface area contributed by atoms with Crippen molar-refractivity contribution >= 4 is 33.8 Å². The van der Waals surface area contributed by atoms with Gasteiger partial charge in [-0.25, -0.2) is 4.98 Å². The standard InChI is InChI=1S/C27H27N5OS/c33-26(30-23-9-11-24(12-10-23)32-16-1-2-17-32)22-7-5-21(6-8-22)25-19-34-27(31-25)29-15-13-20-4-3-14-28-18-20/h3-12,14,18-19H,1-2,13,15-17H2,(H,29,31)(H,30,33). The summed E-state index contributed by atoms with van der Waals surface area (Å²) in [5, 5.41) is 9.28. The fourth-order valence-electron chi connectivity index (χ4n) is 4.07. The van der Waals surface area contributed by atoms with Crippen LogP contribution in [0.1, 0.15) is 28.8 Å². The number of thiazole rings is 1. The molecule has 3 heterocycles. The first kappa shape index (κ1) is 22.1. The summed E-state index contributed by atoms with van der Waals surface area (Å²) in [7, 11) is 0. The van der Waals surface area contributed by atoms with Gasteiger partial charge < -0.3 is 15.5 Å². The number of carbonyl (C=O) groups is 1. The van der Waals surface area contributed by atoms with Crippen LogP contribution in [-0.2, 0) is 6.42 Å². The molecule has 6 nitrogen and oxygen atoms in total. The molecule has 1 fully saturated rings. The lowest BCUT2D eigenvalue weighted by molar-refractivity contribution is 0.102. The number of amides is 1. The Labute approximate surface area is 203 Å². The number of nitrogens with one attached hydrogen (secondary N) is 2. The maximum absolute atomic E-state index is 12.7. The Morgan fingerprint density at radius 1 is 1.00 bits per heavy atom. The number of pyridine rings is 1. The third-order valence-electron chi connectivity index (χ3n) is 5.96. The minimum Gasteiger partial charge on any atom is -0.372 e. The molecule has 1 aliphatic heterocycles. The van der Waals surface area contributed by atoms with Gasteiger partial charge in [0.15, 0.2) is 5.13 Å². The number of anilines is 3. The van der Waals surface area contributed by atoms with Gasteiger partial charge >= 0.3 is 0 Å². The van der Waals surface area contributed by atoms with E-state index in [2.05, 4.69) is 43.7 Å². The maximum Gasteiger partial charge on any atom is 0.255 e. The van der Waals surface area contributed by atoms with E-state index < -0.39 is 0 Å². The van der Waals surface area contributed by atoms with E-state index in [-0.39, 0.29) is 5.91 Å². The van der Waals surface area contributed by atoms with E-state index in [0.29, 0.717) is 5.56 Å². The third kappa shape index (κ3) is 5.43. The maximum atomic E-state index is 12.7. The zero-order chi connectivity index (χ0) is 23.2. The van der Waals surface area contributed by atoms with Gasteiger partial charge in [0.1, 0.15) is 0 Å². The zero-order valence-corrected chi connectivity index (χ0v) is 19.7. The van der Waals surface area contributed by atoms with Crippen molar-refractivity contribution in [3.63, 3.8) is 0 Å². The molecule has 1 aliphatic rings. The van der Waals surface area contributed by atoms with Gasteiger partial charge in [-0.3, -0.25) is 9.78 Å². The Morgan fingerprint density at radius 3 is 2.53 bits per heavy atom. The van der Waals surface area contributed by atoms with E-state index >= 15 is 0 Å². The molecule has 2 N–H and O–H groups in total. The summed E-state index contributed by atoms with van der Waals surface area (Å²) in [6.45, 7) is 3.02. The molecule has 2 aromatic carbocycles. The Bertz CT molecular complexity index is 1220. The summed E-state index contributed by atoms with van der Waals surface area (Å²) in [6.07, 6.45) is 7.06. The molecular weight excluding hydrogens is 442 g/mol. The topological polar surface area (TPSA) is 70.2 Å². The van der Waals surface area contributed by atoms with Crippen molar-refractivity contribution in [2.75, 3.05) is 35.2 Å². The average Bonchev–Trinajstić information content (AvgIpc) is 3.58. The van der Waals surface area contributed by atoms with Gasteiger partial charge in [0.25, 0.3) is 5.91 Å². The van der Waals surface area contributed by atoms with E-state index in [1.165, 1.54) is 24.1 Å². The number of carbonyl (C=O) groups excluding carboxylic acids is 1. The molecule has 0 bridgehead atoms. The molecule has 0 radical (unpaired) electrons. The minimum atomic E-state index is -0.114. The highest BCUT2D eigenvalue weighted by molar-refractivity contribution is 7.14. The van der Waals surface area contributed by atoms with E-state index in [1.54, 1.807) is 17.5 Å². The van der Waals surface area contributed by atoms with Crippen molar-refractivity contribution in [2.45, 2.75) is 19.3 Å². The lowest BCUT2D eigenvalue weighted by Gasteiger charge is -2.17. The van der Waals surface area contributed by atoms with Gasteiger partial charge in [-0.2, -0.15) is 0 Å². The molecule has 0 atom stereocenters. The average molecular weight is 470 g/mol. The predicted molar refractivity (Wildman–Crippen MR) is 140 cm³/mol. The molecule has 4 aromatic rings. The van der Waals surface area contributed by atoms with Gasteiger partial charge in [-0.1, -0.05) is 18.2 Å². The van der Waals surface area contributed by atoms with E-state index in [9.17, 15) is 4.79 Å². The van der Waals surface area contributed by atoms with Crippen LogP contribution in [-0.4, -0.2) is 35.5 Å². The second-order valence-electron chi connectivity index (χ2n) is 8.35. The molecule has 0 unspecified atom stereocenters. The smallest absolute Gasteiger partial charge is 0.255 e. The number of hydrogen-bond acceptors (Lipinski definition) is 6. The Morgan fingerprint density at radius 2 is 1.79 bits per heavy atom. The number of nitrogens with zero attached hydrogens (tertiary/aromatic N) is 3. The van der Waals surface area contributed by atoms with Crippen LogP contribution in [0.4, 0.5) is 16.5 Å². The summed E-state index contributed by atoms with van der Waals surface area (Å²) >= 11 is 1.58. The molecule has 172 valence electrons. The monoisotopic (exact) mass is 469 g/mol. The van der Waals surface area contributed by atoms with Gasteiger partial charge in [0, 0.05) is 59.9 Å². The molecular formula is C27H27N5OS. The van der Waals surface area contributed by atoms with Crippen molar-refractivity contribution in [3.8, 4) is 11.3 Å². The highest BCUT2D eigenvalue weighted by atomic mass is 32.1. The van der Waals surface area contributed by atoms with Crippen LogP contribution in [0.15, 0.2) is 78.4 Å². The number of aromatic nitrogens is 2. The van der Waals surface area contributed by atoms with Crippen molar-refractivity contribution in [3.05, 3.63) is 89.6 Å². The highest BCUT2D eigenvalue weighted by Gasteiger charge is 2.13. The quantitative estimate of drug-likeness (QED) is 0.346. The molecule has 1 saturated heterocycles. The molecule has 1 amide bonds. The summed E-state index contributed by atoms with van der Waals surface area (Å²) in [4.78, 5) is 23.9. The first-order chi connectivity index (χ1) is 16.7. The molecule has 0 saturated carbocycles. The predicted octanol–water partition coefficient (Wildman–Crippen LogP) is 5.71. The largest absolute Gasteiger partial charge is 0.372 e. The van der Waals surface area contributed by atoms with Gasteiger partial charge in [0.2, 0.25) is 0 Å². The normalized spacial score (nSPS) is 13.1. The molecule has 0 aliphatic carbocycles. The van der Waals surface area contributed by atoms with Gasteiger partial charge in [-0.05, 0) is 67.3 Å². The Hall–Kier alpha value is -3.71. The zero-order valence-electron chi connectivity index (χ0n) is 18.9. The van der Waals surface area contributed by atoms with Crippen molar-refractivity contribution in [1.29, 1.82) is 0 Å². The fourth-order valence-corrected chi connectivity index (χ4v) is 4.82. The van der Waals surface area contributed by atoms with Crippen molar-refractivity contribution in [1.82, 2.24) is 9.97 Å². The minimum absolute atomic E-state index is 0.114. The van der Waals surface area contributed by atoms with Gasteiger partial charge in [0.05, 0.1) is 5.69 Å². The van der Waals surface area contributed by atoms with Crippen LogP contribution in [0.3, 0.4) is 0 Å². The molecule has 0 spiro atoms. The number of benzene rings is 2. The summed E-state index contributed by atoms with van der Waals surface area (Å²) in [5.74, 6) is -0.114. The lowest BCUT2D eigenvalue weighted by atomic mass is 10.1. The highest BCUT2D eigenvalue weighted by Crippen LogP contribution is 2.26. The van der Waals surface area contributed by atoms with Crippen molar-refractivity contribution in [2.24, 2.45) is 0 Å².